The summed E-state index contributed by atoms with van der Waals surface area (Å²) >= 11 is 5.03. The van der Waals surface area contributed by atoms with Gasteiger partial charge in [0, 0.05) is 10.9 Å². The summed E-state index contributed by atoms with van der Waals surface area (Å²) in [5.74, 6) is 0.761. The van der Waals surface area contributed by atoms with Gasteiger partial charge in [-0.15, -0.1) is 0 Å². The van der Waals surface area contributed by atoms with Crippen molar-refractivity contribution in [1.29, 1.82) is 5.26 Å². The zero-order chi connectivity index (χ0) is 10.8. The number of nitrogens with zero attached hydrogens (tertiary/aromatic N) is 1. The Morgan fingerprint density at radius 3 is 2.87 bits per heavy atom. The van der Waals surface area contributed by atoms with E-state index in [-0.39, 0.29) is 0 Å². The van der Waals surface area contributed by atoms with Crippen LogP contribution in [0.1, 0.15) is 5.56 Å². The standard InChI is InChI=1S/C11H8N2OS/c1-14-9-2-3-10-7(5-9)4-8(6-12)11(15)13-10/h2-5H,1H3,(H,13,15). The number of rotatable bonds is 1. The molecule has 1 aromatic heterocycles. The molecule has 0 aliphatic heterocycles. The van der Waals surface area contributed by atoms with Gasteiger partial charge >= 0.3 is 0 Å². The summed E-state index contributed by atoms with van der Waals surface area (Å²) in [4.78, 5) is 3.00. The van der Waals surface area contributed by atoms with Gasteiger partial charge in [-0.3, -0.25) is 0 Å². The fourth-order valence-electron chi connectivity index (χ4n) is 1.39. The van der Waals surface area contributed by atoms with E-state index in [9.17, 15) is 0 Å². The molecule has 0 radical (unpaired) electrons. The Balaban J connectivity index is 2.78. The molecule has 0 bridgehead atoms. The van der Waals surface area contributed by atoms with Gasteiger partial charge in [-0.25, -0.2) is 0 Å². The minimum absolute atomic E-state index is 0.468. The lowest BCUT2D eigenvalue weighted by atomic mass is 10.1. The van der Waals surface area contributed by atoms with Crippen LogP contribution in [0, 0.1) is 16.0 Å². The van der Waals surface area contributed by atoms with Crippen molar-refractivity contribution in [3.05, 3.63) is 34.5 Å². The van der Waals surface area contributed by atoms with Crippen molar-refractivity contribution in [1.82, 2.24) is 4.98 Å². The minimum atomic E-state index is 0.468. The molecule has 1 N–H and O–H groups in total. The first-order chi connectivity index (χ1) is 7.24. The molecule has 0 fully saturated rings. The molecule has 0 aliphatic rings. The molecule has 0 aliphatic carbocycles. The van der Waals surface area contributed by atoms with Crippen molar-refractivity contribution < 1.29 is 4.74 Å². The van der Waals surface area contributed by atoms with Crippen LogP contribution in [0.3, 0.4) is 0 Å². The Labute approximate surface area is 91.9 Å². The summed E-state index contributed by atoms with van der Waals surface area (Å²) in [5, 5.41) is 9.75. The van der Waals surface area contributed by atoms with Gasteiger partial charge in [0.05, 0.1) is 12.7 Å². The van der Waals surface area contributed by atoms with Crippen LogP contribution in [0.2, 0.25) is 0 Å². The number of fused-ring (bicyclic) bond motifs is 1. The number of methoxy groups -OCH3 is 1. The Morgan fingerprint density at radius 2 is 2.20 bits per heavy atom. The number of hydrogen-bond donors (Lipinski definition) is 1. The molecule has 0 unspecified atom stereocenters. The number of ether oxygens (including phenoxy) is 1. The van der Waals surface area contributed by atoms with Crippen LogP contribution in [0.15, 0.2) is 24.3 Å². The molecule has 0 amide bonds. The normalized spacial score (nSPS) is 9.87. The van der Waals surface area contributed by atoms with Gasteiger partial charge in [0.1, 0.15) is 16.5 Å². The lowest BCUT2D eigenvalue weighted by molar-refractivity contribution is 0.415. The first-order valence-corrected chi connectivity index (χ1v) is 4.76. The summed E-state index contributed by atoms with van der Waals surface area (Å²) in [6, 6.07) is 9.40. The second kappa shape index (κ2) is 3.71. The van der Waals surface area contributed by atoms with Crippen molar-refractivity contribution in [2.45, 2.75) is 0 Å². The van der Waals surface area contributed by atoms with E-state index >= 15 is 0 Å². The van der Waals surface area contributed by atoms with E-state index in [0.717, 1.165) is 16.7 Å². The average Bonchev–Trinajstić information content (AvgIpc) is 2.27. The summed E-state index contributed by atoms with van der Waals surface area (Å²) in [7, 11) is 1.61. The van der Waals surface area contributed by atoms with Crippen LogP contribution in [0.5, 0.6) is 5.75 Å². The molecule has 2 aromatic rings. The number of aromatic amines is 1. The maximum Gasteiger partial charge on any atom is 0.121 e. The molecule has 74 valence electrons. The van der Waals surface area contributed by atoms with Crippen molar-refractivity contribution >= 4 is 23.1 Å². The first-order valence-electron chi connectivity index (χ1n) is 4.36. The zero-order valence-electron chi connectivity index (χ0n) is 8.07. The van der Waals surface area contributed by atoms with Gasteiger partial charge in [0.15, 0.2) is 0 Å². The number of nitrogens with one attached hydrogen (secondary N) is 1. The number of aromatic nitrogens is 1. The van der Waals surface area contributed by atoms with E-state index in [1.165, 1.54) is 0 Å². The number of pyridine rings is 1. The van der Waals surface area contributed by atoms with E-state index in [4.69, 9.17) is 22.2 Å². The molecule has 0 atom stereocenters. The van der Waals surface area contributed by atoms with Gasteiger partial charge < -0.3 is 9.72 Å². The molecule has 15 heavy (non-hydrogen) atoms. The molecule has 4 heteroatoms. The summed E-state index contributed by atoms with van der Waals surface area (Å²) < 4.78 is 5.57. The maximum absolute atomic E-state index is 8.84. The molecule has 0 saturated carbocycles. The van der Waals surface area contributed by atoms with Crippen LogP contribution in [-0.4, -0.2) is 12.1 Å². The third kappa shape index (κ3) is 1.69. The minimum Gasteiger partial charge on any atom is -0.497 e. The number of nitriles is 1. The molecule has 2 rings (SSSR count). The van der Waals surface area contributed by atoms with Gasteiger partial charge in [-0.2, -0.15) is 5.26 Å². The van der Waals surface area contributed by atoms with E-state index < -0.39 is 0 Å². The summed E-state index contributed by atoms with van der Waals surface area (Å²) in [5.41, 5.74) is 1.38. The number of hydrogen-bond acceptors (Lipinski definition) is 3. The Morgan fingerprint density at radius 1 is 1.40 bits per heavy atom. The third-order valence-corrected chi connectivity index (χ3v) is 2.49. The summed E-state index contributed by atoms with van der Waals surface area (Å²) in [6.45, 7) is 0. The van der Waals surface area contributed by atoms with E-state index in [0.29, 0.717) is 10.2 Å². The summed E-state index contributed by atoms with van der Waals surface area (Å²) in [6.07, 6.45) is 0. The monoisotopic (exact) mass is 216 g/mol. The highest BCUT2D eigenvalue weighted by Gasteiger charge is 2.00. The molecule has 1 heterocycles. The lowest BCUT2D eigenvalue weighted by Crippen LogP contribution is -1.87. The van der Waals surface area contributed by atoms with E-state index in [2.05, 4.69) is 4.98 Å². The second-order valence-electron chi connectivity index (χ2n) is 3.08. The van der Waals surface area contributed by atoms with Crippen molar-refractivity contribution in [3.8, 4) is 11.8 Å². The quantitative estimate of drug-likeness (QED) is 0.746. The topological polar surface area (TPSA) is 48.8 Å². The highest BCUT2D eigenvalue weighted by atomic mass is 32.1. The van der Waals surface area contributed by atoms with Crippen molar-refractivity contribution in [3.63, 3.8) is 0 Å². The van der Waals surface area contributed by atoms with Gasteiger partial charge in [0.25, 0.3) is 0 Å². The van der Waals surface area contributed by atoms with Crippen LogP contribution < -0.4 is 4.74 Å². The average molecular weight is 216 g/mol. The largest absolute Gasteiger partial charge is 0.497 e. The molecular formula is C11H8N2OS. The molecule has 3 nitrogen and oxygen atoms in total. The highest BCUT2D eigenvalue weighted by Crippen LogP contribution is 2.20. The van der Waals surface area contributed by atoms with Gasteiger partial charge in [-0.05, 0) is 24.3 Å². The zero-order valence-corrected chi connectivity index (χ0v) is 8.89. The Kier molecular flexibility index (Phi) is 2.40. The fraction of sp³-hybridized carbons (Fsp3) is 0.0909. The third-order valence-electron chi connectivity index (χ3n) is 2.17. The van der Waals surface area contributed by atoms with Crippen molar-refractivity contribution in [2.24, 2.45) is 0 Å². The van der Waals surface area contributed by atoms with Crippen LogP contribution in [0.4, 0.5) is 0 Å². The predicted octanol–water partition coefficient (Wildman–Crippen LogP) is 2.78. The SMILES string of the molecule is COc1ccc2[nH]c(=S)c(C#N)cc2c1. The number of benzene rings is 1. The Hall–Kier alpha value is -1.86. The van der Waals surface area contributed by atoms with Crippen LogP contribution in [0.25, 0.3) is 10.9 Å². The second-order valence-corrected chi connectivity index (χ2v) is 3.49. The molecule has 1 aromatic carbocycles. The van der Waals surface area contributed by atoms with Gasteiger partial charge in [0.2, 0.25) is 0 Å². The van der Waals surface area contributed by atoms with Crippen LogP contribution in [-0.2, 0) is 0 Å². The van der Waals surface area contributed by atoms with E-state index in [1.54, 1.807) is 13.2 Å². The Bertz CT molecular complexity index is 610. The smallest absolute Gasteiger partial charge is 0.121 e. The fourth-order valence-corrected chi connectivity index (χ4v) is 1.61. The predicted molar refractivity (Wildman–Crippen MR) is 60.4 cm³/mol. The highest BCUT2D eigenvalue weighted by molar-refractivity contribution is 7.71. The first kappa shape index (κ1) is 9.69. The maximum atomic E-state index is 8.84. The lowest BCUT2D eigenvalue weighted by Gasteiger charge is -2.02. The van der Waals surface area contributed by atoms with E-state index in [1.807, 2.05) is 24.3 Å². The van der Waals surface area contributed by atoms with Crippen molar-refractivity contribution in [2.75, 3.05) is 7.11 Å². The number of H-pyrrole nitrogens is 1. The molecular weight excluding hydrogens is 208 g/mol. The molecule has 0 saturated heterocycles. The van der Waals surface area contributed by atoms with Crippen LogP contribution >= 0.6 is 12.2 Å². The molecule has 0 spiro atoms. The van der Waals surface area contributed by atoms with Gasteiger partial charge in [-0.1, -0.05) is 12.2 Å².